The molecule has 0 aliphatic carbocycles. The highest BCUT2D eigenvalue weighted by Crippen LogP contribution is 2.16. The van der Waals surface area contributed by atoms with Crippen LogP contribution in [0.3, 0.4) is 0 Å². The topological polar surface area (TPSA) is 30.2 Å². The van der Waals surface area contributed by atoms with Gasteiger partial charge in [0.05, 0.1) is 6.26 Å². The van der Waals surface area contributed by atoms with Gasteiger partial charge in [-0.05, 0) is 35.9 Å². The van der Waals surface area contributed by atoms with Gasteiger partial charge < -0.3 is 4.42 Å². The summed E-state index contributed by atoms with van der Waals surface area (Å²) in [6.07, 6.45) is 2.50. The molecule has 1 heterocycles. The standard InChI is InChI=1S/C14H12ClFO2/c15-11-3-6-14(16)10(8-11)9-12(17)4-5-13-2-1-7-18-13/h1-3,6-8H,4-5,9H2. The molecule has 0 aliphatic heterocycles. The summed E-state index contributed by atoms with van der Waals surface area (Å²) < 4.78 is 18.5. The van der Waals surface area contributed by atoms with E-state index >= 15 is 0 Å². The lowest BCUT2D eigenvalue weighted by atomic mass is 10.0. The maximum Gasteiger partial charge on any atom is 0.137 e. The van der Waals surface area contributed by atoms with Gasteiger partial charge >= 0.3 is 0 Å². The molecule has 1 aromatic carbocycles. The second-order valence-corrected chi connectivity index (χ2v) is 4.47. The predicted molar refractivity (Wildman–Crippen MR) is 67.2 cm³/mol. The number of hydrogen-bond donors (Lipinski definition) is 0. The summed E-state index contributed by atoms with van der Waals surface area (Å²) in [6, 6.07) is 7.82. The molecule has 4 heteroatoms. The Balaban J connectivity index is 1.92. The number of Topliss-reactive ketones (excluding diaryl/α,β-unsaturated/α-hetero) is 1. The van der Waals surface area contributed by atoms with Crippen molar-refractivity contribution in [3.63, 3.8) is 0 Å². The average Bonchev–Trinajstić information content (AvgIpc) is 2.84. The van der Waals surface area contributed by atoms with Crippen LogP contribution in [0, 0.1) is 5.82 Å². The molecule has 0 aliphatic rings. The van der Waals surface area contributed by atoms with Crippen molar-refractivity contribution >= 4 is 17.4 Å². The predicted octanol–water partition coefficient (Wildman–Crippen LogP) is 3.82. The Morgan fingerprint density at radius 1 is 1.33 bits per heavy atom. The van der Waals surface area contributed by atoms with E-state index in [1.54, 1.807) is 12.3 Å². The normalized spacial score (nSPS) is 10.6. The fourth-order valence-corrected chi connectivity index (χ4v) is 1.89. The second kappa shape index (κ2) is 5.83. The molecule has 2 aromatic rings. The van der Waals surface area contributed by atoms with Crippen LogP contribution in [0.15, 0.2) is 41.0 Å². The molecular formula is C14H12ClFO2. The lowest BCUT2D eigenvalue weighted by molar-refractivity contribution is -0.118. The zero-order valence-electron chi connectivity index (χ0n) is 9.66. The molecule has 0 saturated heterocycles. The molecule has 0 unspecified atom stereocenters. The van der Waals surface area contributed by atoms with E-state index in [0.29, 0.717) is 23.4 Å². The number of rotatable bonds is 5. The van der Waals surface area contributed by atoms with Gasteiger partial charge in [0.25, 0.3) is 0 Å². The van der Waals surface area contributed by atoms with E-state index < -0.39 is 5.82 Å². The molecular weight excluding hydrogens is 255 g/mol. The zero-order valence-corrected chi connectivity index (χ0v) is 10.4. The highest BCUT2D eigenvalue weighted by molar-refractivity contribution is 6.30. The number of carbonyl (C=O) groups excluding carboxylic acids is 1. The van der Waals surface area contributed by atoms with Gasteiger partial charge in [-0.15, -0.1) is 0 Å². The van der Waals surface area contributed by atoms with Crippen molar-refractivity contribution in [1.82, 2.24) is 0 Å². The Labute approximate surface area is 109 Å². The van der Waals surface area contributed by atoms with Gasteiger partial charge in [-0.25, -0.2) is 4.39 Å². The van der Waals surface area contributed by atoms with Crippen molar-refractivity contribution in [2.45, 2.75) is 19.3 Å². The summed E-state index contributed by atoms with van der Waals surface area (Å²) in [5.41, 5.74) is 0.340. The van der Waals surface area contributed by atoms with E-state index in [4.69, 9.17) is 16.0 Å². The van der Waals surface area contributed by atoms with Gasteiger partial charge in [-0.2, -0.15) is 0 Å². The lowest BCUT2D eigenvalue weighted by Gasteiger charge is -2.03. The quantitative estimate of drug-likeness (QED) is 0.824. The van der Waals surface area contributed by atoms with E-state index in [9.17, 15) is 9.18 Å². The van der Waals surface area contributed by atoms with Crippen LogP contribution in [0.25, 0.3) is 0 Å². The van der Waals surface area contributed by atoms with Gasteiger partial charge in [-0.3, -0.25) is 4.79 Å². The Kier molecular flexibility index (Phi) is 4.15. The molecule has 94 valence electrons. The van der Waals surface area contributed by atoms with Crippen LogP contribution in [0.5, 0.6) is 0 Å². The summed E-state index contributed by atoms with van der Waals surface area (Å²) in [4.78, 5) is 11.7. The van der Waals surface area contributed by atoms with E-state index in [0.717, 1.165) is 5.76 Å². The molecule has 0 fully saturated rings. The highest BCUT2D eigenvalue weighted by atomic mass is 35.5. The van der Waals surface area contributed by atoms with Crippen molar-refractivity contribution in [2.24, 2.45) is 0 Å². The minimum absolute atomic E-state index is 0.0347. The largest absolute Gasteiger partial charge is 0.469 e. The highest BCUT2D eigenvalue weighted by Gasteiger charge is 2.10. The number of carbonyl (C=O) groups is 1. The first kappa shape index (κ1) is 12.8. The summed E-state index contributed by atoms with van der Waals surface area (Å²) in [5.74, 6) is 0.327. The molecule has 2 rings (SSSR count). The van der Waals surface area contributed by atoms with Crippen LogP contribution in [0.1, 0.15) is 17.7 Å². The third-order valence-electron chi connectivity index (χ3n) is 2.63. The summed E-state index contributed by atoms with van der Waals surface area (Å²) in [6.45, 7) is 0. The Morgan fingerprint density at radius 3 is 2.89 bits per heavy atom. The van der Waals surface area contributed by atoms with Crippen LogP contribution < -0.4 is 0 Å². The molecule has 0 amide bonds. The molecule has 0 atom stereocenters. The SMILES string of the molecule is O=C(CCc1ccco1)Cc1cc(Cl)ccc1F. The number of hydrogen-bond acceptors (Lipinski definition) is 2. The minimum Gasteiger partial charge on any atom is -0.469 e. The van der Waals surface area contributed by atoms with Gasteiger partial charge in [-0.1, -0.05) is 11.6 Å². The van der Waals surface area contributed by atoms with Gasteiger partial charge in [0.1, 0.15) is 17.4 Å². The fourth-order valence-electron chi connectivity index (χ4n) is 1.70. The third kappa shape index (κ3) is 3.44. The van der Waals surface area contributed by atoms with Crippen LogP contribution in [-0.2, 0) is 17.6 Å². The molecule has 0 N–H and O–H groups in total. The lowest BCUT2D eigenvalue weighted by Crippen LogP contribution is -2.05. The zero-order chi connectivity index (χ0) is 13.0. The third-order valence-corrected chi connectivity index (χ3v) is 2.86. The van der Waals surface area contributed by atoms with E-state index in [1.807, 2.05) is 6.07 Å². The second-order valence-electron chi connectivity index (χ2n) is 4.03. The van der Waals surface area contributed by atoms with Gasteiger partial charge in [0.2, 0.25) is 0 Å². The Hall–Kier alpha value is -1.61. The molecule has 0 bridgehead atoms. The molecule has 0 radical (unpaired) electrons. The Morgan fingerprint density at radius 2 is 2.17 bits per heavy atom. The van der Waals surface area contributed by atoms with E-state index in [1.165, 1.54) is 18.2 Å². The van der Waals surface area contributed by atoms with E-state index in [2.05, 4.69) is 0 Å². The number of aryl methyl sites for hydroxylation is 1. The number of furan rings is 1. The van der Waals surface area contributed by atoms with Gasteiger partial charge in [0, 0.05) is 24.3 Å². The first-order chi connectivity index (χ1) is 8.65. The maximum atomic E-state index is 13.4. The molecule has 18 heavy (non-hydrogen) atoms. The fraction of sp³-hybridized carbons (Fsp3) is 0.214. The smallest absolute Gasteiger partial charge is 0.137 e. The van der Waals surface area contributed by atoms with E-state index in [-0.39, 0.29) is 12.2 Å². The van der Waals surface area contributed by atoms with Crippen LogP contribution >= 0.6 is 11.6 Å². The average molecular weight is 267 g/mol. The molecule has 2 nitrogen and oxygen atoms in total. The molecule has 0 spiro atoms. The summed E-state index contributed by atoms with van der Waals surface area (Å²) in [5, 5.41) is 0.435. The molecule has 1 aromatic heterocycles. The van der Waals surface area contributed by atoms with Crippen molar-refractivity contribution in [3.05, 3.63) is 58.8 Å². The summed E-state index contributed by atoms with van der Waals surface area (Å²) >= 11 is 5.77. The first-order valence-electron chi connectivity index (χ1n) is 5.63. The van der Waals surface area contributed by atoms with Crippen molar-refractivity contribution < 1.29 is 13.6 Å². The Bertz CT molecular complexity index is 535. The number of ketones is 1. The van der Waals surface area contributed by atoms with Crippen molar-refractivity contribution in [2.75, 3.05) is 0 Å². The van der Waals surface area contributed by atoms with Crippen molar-refractivity contribution in [1.29, 1.82) is 0 Å². The molecule has 0 saturated carbocycles. The van der Waals surface area contributed by atoms with Crippen LogP contribution in [0.4, 0.5) is 4.39 Å². The maximum absolute atomic E-state index is 13.4. The summed E-state index contributed by atoms with van der Waals surface area (Å²) in [7, 11) is 0. The van der Waals surface area contributed by atoms with Crippen molar-refractivity contribution in [3.8, 4) is 0 Å². The van der Waals surface area contributed by atoms with Crippen LogP contribution in [0.2, 0.25) is 5.02 Å². The number of halogens is 2. The number of benzene rings is 1. The van der Waals surface area contributed by atoms with Crippen LogP contribution in [-0.4, -0.2) is 5.78 Å². The first-order valence-corrected chi connectivity index (χ1v) is 6.01. The minimum atomic E-state index is -0.397. The monoisotopic (exact) mass is 266 g/mol. The van der Waals surface area contributed by atoms with Gasteiger partial charge in [0.15, 0.2) is 0 Å².